The van der Waals surface area contributed by atoms with Crippen LogP contribution in [-0.4, -0.2) is 24.0 Å². The molecule has 7 heteroatoms. The molecule has 0 aliphatic carbocycles. The van der Waals surface area contributed by atoms with Crippen molar-refractivity contribution in [3.8, 4) is 0 Å². The second kappa shape index (κ2) is 10.4. The summed E-state index contributed by atoms with van der Waals surface area (Å²) >= 11 is 0. The molecule has 1 saturated heterocycles. The molecule has 3 rings (SSSR count). The number of hydrogen-bond acceptors (Lipinski definition) is 4. The van der Waals surface area contributed by atoms with Gasteiger partial charge in [0, 0.05) is 13.1 Å². The number of rotatable bonds is 4. The minimum absolute atomic E-state index is 0. The molecule has 1 fully saturated rings. The number of nitrogens with zero attached hydrogens (tertiary/aromatic N) is 2. The van der Waals surface area contributed by atoms with Gasteiger partial charge in [0.1, 0.15) is 11.9 Å². The van der Waals surface area contributed by atoms with Crippen molar-refractivity contribution in [3.63, 3.8) is 0 Å². The number of anilines is 2. The van der Waals surface area contributed by atoms with Crippen molar-refractivity contribution in [2.75, 3.05) is 23.3 Å². The van der Waals surface area contributed by atoms with Crippen LogP contribution in [0.3, 0.4) is 0 Å². The van der Waals surface area contributed by atoms with Gasteiger partial charge in [-0.1, -0.05) is 29.8 Å². The first kappa shape index (κ1) is 22.2. The van der Waals surface area contributed by atoms with Crippen LogP contribution in [0.4, 0.5) is 11.5 Å². The van der Waals surface area contributed by atoms with Crippen LogP contribution in [0.5, 0.6) is 0 Å². The van der Waals surface area contributed by atoms with Crippen molar-refractivity contribution in [3.05, 3.63) is 53.7 Å². The molecule has 0 radical (unpaired) electrons. The molecule has 2 aromatic rings. The average molecular weight is 397 g/mol. The van der Waals surface area contributed by atoms with Crippen LogP contribution in [0.25, 0.3) is 0 Å². The lowest BCUT2D eigenvalue weighted by molar-refractivity contribution is -0.117. The molecule has 1 aromatic heterocycles. The van der Waals surface area contributed by atoms with Crippen LogP contribution in [-0.2, 0) is 4.79 Å². The van der Waals surface area contributed by atoms with Gasteiger partial charge < -0.3 is 16.0 Å². The average Bonchev–Trinajstić information content (AvgIpc) is 2.63. The zero-order valence-electron chi connectivity index (χ0n) is 14.9. The Morgan fingerprint density at radius 1 is 1.08 bits per heavy atom. The summed E-state index contributed by atoms with van der Waals surface area (Å²) in [6.07, 6.45) is 5.57. The van der Waals surface area contributed by atoms with Crippen molar-refractivity contribution in [2.45, 2.75) is 32.2 Å². The van der Waals surface area contributed by atoms with Crippen LogP contribution in [0.1, 0.15) is 36.4 Å². The number of aromatic nitrogens is 1. The maximum atomic E-state index is 12.3. The number of nitrogens with two attached hydrogens (primary N) is 1. The minimum Gasteiger partial charge on any atom is -0.370 e. The lowest BCUT2D eigenvalue weighted by atomic mass is 10.1. The first-order chi connectivity index (χ1) is 11.6. The Kier molecular flexibility index (Phi) is 8.85. The van der Waals surface area contributed by atoms with E-state index in [2.05, 4.69) is 15.2 Å². The third kappa shape index (κ3) is 5.59. The molecule has 0 bridgehead atoms. The molecule has 1 aliphatic heterocycles. The second-order valence-electron chi connectivity index (χ2n) is 6.33. The van der Waals surface area contributed by atoms with Gasteiger partial charge in [0.25, 0.3) is 0 Å². The highest BCUT2D eigenvalue weighted by atomic mass is 35.5. The van der Waals surface area contributed by atoms with E-state index in [9.17, 15) is 4.79 Å². The van der Waals surface area contributed by atoms with E-state index in [0.29, 0.717) is 5.82 Å². The number of piperidine rings is 1. The van der Waals surface area contributed by atoms with Crippen LogP contribution < -0.4 is 16.0 Å². The van der Waals surface area contributed by atoms with E-state index in [1.807, 2.05) is 49.5 Å². The van der Waals surface area contributed by atoms with E-state index in [1.54, 1.807) is 0 Å². The Hall–Kier alpha value is -1.82. The van der Waals surface area contributed by atoms with Crippen LogP contribution >= 0.6 is 24.8 Å². The number of pyridine rings is 1. The third-order valence-electron chi connectivity index (χ3n) is 4.44. The topological polar surface area (TPSA) is 71.2 Å². The molecule has 0 saturated carbocycles. The molecule has 5 nitrogen and oxygen atoms in total. The number of carbonyl (C=O) groups is 1. The fraction of sp³-hybridized carbons (Fsp3) is 0.368. The normalized spacial score (nSPS) is 14.6. The highest BCUT2D eigenvalue weighted by molar-refractivity contribution is 5.94. The van der Waals surface area contributed by atoms with Crippen LogP contribution in [0, 0.1) is 6.92 Å². The number of carbonyl (C=O) groups excluding carboxylic acids is 1. The molecule has 1 unspecified atom stereocenters. The maximum Gasteiger partial charge on any atom is 0.247 e. The quantitative estimate of drug-likeness (QED) is 0.822. The van der Waals surface area contributed by atoms with Crippen molar-refractivity contribution < 1.29 is 4.79 Å². The standard InChI is InChI=1S/C19H24N4O.2ClH/c1-14-5-7-15(8-6-14)18(20)19(24)22-17-10-9-16(13-21-17)23-11-3-2-4-12-23;;/h5-10,13,18H,2-4,11-12,20H2,1H3,(H,21,22,24);2*1H. The number of benzene rings is 1. The molecular weight excluding hydrogens is 371 g/mol. The van der Waals surface area contributed by atoms with Gasteiger partial charge in [-0.15, -0.1) is 24.8 Å². The molecule has 26 heavy (non-hydrogen) atoms. The van der Waals surface area contributed by atoms with Gasteiger partial charge in [-0.3, -0.25) is 4.79 Å². The fourth-order valence-corrected chi connectivity index (χ4v) is 2.93. The van der Waals surface area contributed by atoms with Gasteiger partial charge in [-0.25, -0.2) is 4.98 Å². The molecule has 1 amide bonds. The van der Waals surface area contributed by atoms with E-state index in [-0.39, 0.29) is 30.7 Å². The second-order valence-corrected chi connectivity index (χ2v) is 6.33. The van der Waals surface area contributed by atoms with E-state index in [4.69, 9.17) is 5.73 Å². The van der Waals surface area contributed by atoms with E-state index in [0.717, 1.165) is 29.9 Å². The van der Waals surface area contributed by atoms with Crippen molar-refractivity contribution in [2.24, 2.45) is 5.73 Å². The molecule has 1 aromatic carbocycles. The summed E-state index contributed by atoms with van der Waals surface area (Å²) in [6, 6.07) is 10.8. The number of halogens is 2. The molecule has 3 N–H and O–H groups in total. The number of nitrogens with one attached hydrogen (secondary N) is 1. The molecule has 1 atom stereocenters. The maximum absolute atomic E-state index is 12.3. The van der Waals surface area contributed by atoms with Gasteiger partial charge in [0.15, 0.2) is 0 Å². The first-order valence-corrected chi connectivity index (χ1v) is 8.47. The largest absolute Gasteiger partial charge is 0.370 e. The monoisotopic (exact) mass is 396 g/mol. The van der Waals surface area contributed by atoms with Crippen molar-refractivity contribution in [1.82, 2.24) is 4.98 Å². The third-order valence-corrected chi connectivity index (χ3v) is 4.44. The highest BCUT2D eigenvalue weighted by Gasteiger charge is 2.17. The fourth-order valence-electron chi connectivity index (χ4n) is 2.93. The predicted molar refractivity (Wildman–Crippen MR) is 112 cm³/mol. The van der Waals surface area contributed by atoms with E-state index < -0.39 is 6.04 Å². The Morgan fingerprint density at radius 2 is 1.73 bits per heavy atom. The lowest BCUT2D eigenvalue weighted by Crippen LogP contribution is -2.30. The summed E-state index contributed by atoms with van der Waals surface area (Å²) in [5.74, 6) is 0.278. The number of amides is 1. The smallest absolute Gasteiger partial charge is 0.247 e. The SMILES string of the molecule is Cc1ccc(C(N)C(=O)Nc2ccc(N3CCCCC3)cn2)cc1.Cl.Cl. The van der Waals surface area contributed by atoms with Gasteiger partial charge in [-0.2, -0.15) is 0 Å². The highest BCUT2D eigenvalue weighted by Crippen LogP contribution is 2.20. The molecule has 142 valence electrons. The van der Waals surface area contributed by atoms with E-state index in [1.165, 1.54) is 19.3 Å². The molecular formula is C19H26Cl2N4O. The minimum atomic E-state index is -0.700. The van der Waals surface area contributed by atoms with Crippen LogP contribution in [0.15, 0.2) is 42.6 Å². The van der Waals surface area contributed by atoms with Gasteiger partial charge in [0.05, 0.1) is 11.9 Å². The number of hydrogen-bond donors (Lipinski definition) is 2. The zero-order chi connectivity index (χ0) is 16.9. The molecule has 0 spiro atoms. The van der Waals surface area contributed by atoms with Crippen LogP contribution in [0.2, 0.25) is 0 Å². The number of aryl methyl sites for hydroxylation is 1. The van der Waals surface area contributed by atoms with E-state index >= 15 is 0 Å². The summed E-state index contributed by atoms with van der Waals surface area (Å²) in [5.41, 5.74) is 9.08. The zero-order valence-corrected chi connectivity index (χ0v) is 16.5. The summed E-state index contributed by atoms with van der Waals surface area (Å²) in [7, 11) is 0. The first-order valence-electron chi connectivity index (χ1n) is 8.47. The Labute approximate surface area is 167 Å². The summed E-state index contributed by atoms with van der Waals surface area (Å²) in [5, 5.41) is 2.79. The summed E-state index contributed by atoms with van der Waals surface area (Å²) in [6.45, 7) is 4.15. The van der Waals surface area contributed by atoms with Crippen molar-refractivity contribution in [1.29, 1.82) is 0 Å². The van der Waals surface area contributed by atoms with Gasteiger partial charge >= 0.3 is 0 Å². The summed E-state index contributed by atoms with van der Waals surface area (Å²) in [4.78, 5) is 19.0. The Bertz CT molecular complexity index is 686. The Morgan fingerprint density at radius 3 is 2.31 bits per heavy atom. The summed E-state index contributed by atoms with van der Waals surface area (Å²) < 4.78 is 0. The Balaban J connectivity index is 0.00000169. The van der Waals surface area contributed by atoms with Gasteiger partial charge in [-0.05, 0) is 43.9 Å². The lowest BCUT2D eigenvalue weighted by Gasteiger charge is -2.28. The van der Waals surface area contributed by atoms with Crippen molar-refractivity contribution >= 4 is 42.2 Å². The van der Waals surface area contributed by atoms with Gasteiger partial charge in [0.2, 0.25) is 5.91 Å². The molecule has 1 aliphatic rings. The predicted octanol–water partition coefficient (Wildman–Crippen LogP) is 3.86. The molecule has 2 heterocycles.